The highest BCUT2D eigenvalue weighted by Gasteiger charge is 2.31. The fraction of sp³-hybridized carbons (Fsp3) is 0.379. The highest BCUT2D eigenvalue weighted by molar-refractivity contribution is 6.08. The molecule has 0 saturated heterocycles. The Bertz CT molecular complexity index is 1320. The Kier molecular flexibility index (Phi) is 6.38. The first-order chi connectivity index (χ1) is 16.6. The molecule has 0 unspecified atom stereocenters. The van der Waals surface area contributed by atoms with Crippen LogP contribution < -0.4 is 5.32 Å². The number of rotatable bonds is 7. The fourth-order valence-electron chi connectivity index (χ4n) is 5.77. The van der Waals surface area contributed by atoms with E-state index in [1.54, 1.807) is 0 Å². The molecule has 2 N–H and O–H groups in total. The second-order valence-electron chi connectivity index (χ2n) is 9.66. The molecule has 0 radical (unpaired) electrons. The molecule has 1 fully saturated rings. The molecule has 5 heteroatoms. The minimum absolute atomic E-state index is 0.0336. The van der Waals surface area contributed by atoms with Crippen molar-refractivity contribution >= 4 is 27.8 Å². The van der Waals surface area contributed by atoms with Gasteiger partial charge in [0.25, 0.3) is 0 Å². The Morgan fingerprint density at radius 1 is 1.12 bits per heavy atom. The molecule has 176 valence electrons. The van der Waals surface area contributed by atoms with Gasteiger partial charge in [-0.1, -0.05) is 55.3 Å². The van der Waals surface area contributed by atoms with Crippen LogP contribution in [0.5, 0.6) is 0 Å². The van der Waals surface area contributed by atoms with Crippen molar-refractivity contribution in [3.8, 4) is 0 Å². The average Bonchev–Trinajstić information content (AvgIpc) is 3.46. The number of para-hydroxylation sites is 1. The Labute approximate surface area is 200 Å². The first-order valence-electron chi connectivity index (χ1n) is 12.4. The Morgan fingerprint density at radius 3 is 2.59 bits per heavy atom. The highest BCUT2D eigenvalue weighted by Crippen LogP contribution is 2.38. The monoisotopic (exact) mass is 455 g/mol. The maximum Gasteiger partial charge on any atom is 0.227 e. The lowest BCUT2D eigenvalue weighted by atomic mass is 9.84. The molecule has 1 saturated carbocycles. The average molecular weight is 456 g/mol. The van der Waals surface area contributed by atoms with E-state index in [0.29, 0.717) is 12.5 Å². The Morgan fingerprint density at radius 2 is 1.85 bits per heavy atom. The first-order valence-corrected chi connectivity index (χ1v) is 12.4. The number of aliphatic hydroxyl groups excluding tert-OH is 1. The van der Waals surface area contributed by atoms with E-state index in [9.17, 15) is 4.79 Å². The van der Waals surface area contributed by atoms with E-state index in [0.717, 1.165) is 36.3 Å². The highest BCUT2D eigenvalue weighted by atomic mass is 16.3. The van der Waals surface area contributed by atoms with Crippen LogP contribution in [0.15, 0.2) is 54.6 Å². The zero-order valence-electron chi connectivity index (χ0n) is 20.1. The summed E-state index contributed by atoms with van der Waals surface area (Å²) in [6.45, 7) is 5.21. The molecular formula is C29H33N3O2. The summed E-state index contributed by atoms with van der Waals surface area (Å²) < 4.78 is 2.31. The van der Waals surface area contributed by atoms with E-state index in [4.69, 9.17) is 10.1 Å². The van der Waals surface area contributed by atoms with Crippen molar-refractivity contribution in [3.05, 3.63) is 77.0 Å². The predicted molar refractivity (Wildman–Crippen MR) is 137 cm³/mol. The third-order valence-corrected chi connectivity index (χ3v) is 7.29. The van der Waals surface area contributed by atoms with Gasteiger partial charge in [0.2, 0.25) is 5.91 Å². The van der Waals surface area contributed by atoms with Crippen LogP contribution in [-0.4, -0.2) is 33.7 Å². The van der Waals surface area contributed by atoms with Gasteiger partial charge in [-0.2, -0.15) is 0 Å². The molecule has 1 aliphatic rings. The number of fused-ring (bicyclic) bond motifs is 3. The molecular weight excluding hydrogens is 422 g/mol. The van der Waals surface area contributed by atoms with Gasteiger partial charge >= 0.3 is 0 Å². The molecule has 5 nitrogen and oxygen atoms in total. The molecule has 1 amide bonds. The van der Waals surface area contributed by atoms with Crippen LogP contribution >= 0.6 is 0 Å². The van der Waals surface area contributed by atoms with Crippen LogP contribution in [0.3, 0.4) is 0 Å². The number of hydrogen-bond donors (Lipinski definition) is 2. The number of hydrogen-bond acceptors (Lipinski definition) is 3. The molecule has 5 rings (SSSR count). The maximum absolute atomic E-state index is 13.0. The second kappa shape index (κ2) is 9.59. The van der Waals surface area contributed by atoms with Gasteiger partial charge in [-0.05, 0) is 61.4 Å². The minimum atomic E-state index is -0.150. The van der Waals surface area contributed by atoms with E-state index >= 15 is 0 Å². The van der Waals surface area contributed by atoms with Crippen LogP contribution in [0.25, 0.3) is 21.9 Å². The van der Waals surface area contributed by atoms with Gasteiger partial charge in [-0.15, -0.1) is 0 Å². The molecule has 0 aliphatic heterocycles. The SMILES string of the molecule is Cc1cc(C)c2c3ccccc3n(Cc3ccc([C@@H](C(=O)NCCO)C4CCCC4)cc3)c2n1. The maximum atomic E-state index is 13.0. The summed E-state index contributed by atoms with van der Waals surface area (Å²) in [5.74, 6) is 0.256. The number of nitrogens with one attached hydrogen (secondary N) is 1. The van der Waals surface area contributed by atoms with Crippen molar-refractivity contribution in [2.24, 2.45) is 5.92 Å². The number of aryl methyl sites for hydroxylation is 2. The molecule has 34 heavy (non-hydrogen) atoms. The number of nitrogens with zero attached hydrogens (tertiary/aromatic N) is 2. The number of aromatic nitrogens is 2. The van der Waals surface area contributed by atoms with Crippen molar-refractivity contribution < 1.29 is 9.90 Å². The number of amides is 1. The summed E-state index contributed by atoms with van der Waals surface area (Å²) in [6.07, 6.45) is 4.55. The smallest absolute Gasteiger partial charge is 0.227 e. The quantitative estimate of drug-likeness (QED) is 0.401. The summed E-state index contributed by atoms with van der Waals surface area (Å²) >= 11 is 0. The van der Waals surface area contributed by atoms with Crippen molar-refractivity contribution in [1.82, 2.24) is 14.9 Å². The second-order valence-corrected chi connectivity index (χ2v) is 9.66. The number of pyridine rings is 1. The van der Waals surface area contributed by atoms with Crippen LogP contribution in [0.2, 0.25) is 0 Å². The van der Waals surface area contributed by atoms with Gasteiger partial charge in [0.05, 0.1) is 18.0 Å². The number of carbonyl (C=O) groups is 1. The van der Waals surface area contributed by atoms with Crippen molar-refractivity contribution in [3.63, 3.8) is 0 Å². The Balaban J connectivity index is 1.49. The predicted octanol–water partition coefficient (Wildman–Crippen LogP) is 5.24. The lowest BCUT2D eigenvalue weighted by molar-refractivity contribution is -0.123. The summed E-state index contributed by atoms with van der Waals surface area (Å²) in [6, 6.07) is 19.2. The molecule has 2 heterocycles. The number of benzene rings is 2. The van der Waals surface area contributed by atoms with Gasteiger partial charge < -0.3 is 15.0 Å². The fourth-order valence-corrected chi connectivity index (χ4v) is 5.77. The molecule has 4 aromatic rings. The summed E-state index contributed by atoms with van der Waals surface area (Å²) in [5, 5.41) is 14.5. The van der Waals surface area contributed by atoms with E-state index in [1.165, 1.54) is 40.3 Å². The van der Waals surface area contributed by atoms with Crippen molar-refractivity contribution in [2.45, 2.75) is 52.0 Å². The van der Waals surface area contributed by atoms with Gasteiger partial charge in [-0.3, -0.25) is 4.79 Å². The van der Waals surface area contributed by atoms with Gasteiger partial charge in [-0.25, -0.2) is 4.98 Å². The van der Waals surface area contributed by atoms with Crippen molar-refractivity contribution in [1.29, 1.82) is 0 Å². The molecule has 2 aromatic carbocycles. The summed E-state index contributed by atoms with van der Waals surface area (Å²) in [7, 11) is 0. The lowest BCUT2D eigenvalue weighted by Gasteiger charge is -2.23. The van der Waals surface area contributed by atoms with E-state index in [-0.39, 0.29) is 18.4 Å². The van der Waals surface area contributed by atoms with E-state index in [2.05, 4.69) is 71.4 Å². The van der Waals surface area contributed by atoms with Crippen molar-refractivity contribution in [2.75, 3.05) is 13.2 Å². The molecule has 0 spiro atoms. The summed E-state index contributed by atoms with van der Waals surface area (Å²) in [5.41, 5.74) is 6.75. The molecule has 2 aromatic heterocycles. The molecule has 1 atom stereocenters. The van der Waals surface area contributed by atoms with Crippen LogP contribution in [0.1, 0.15) is 54.0 Å². The topological polar surface area (TPSA) is 67.2 Å². The van der Waals surface area contributed by atoms with E-state index in [1.807, 2.05) is 6.92 Å². The van der Waals surface area contributed by atoms with E-state index < -0.39 is 0 Å². The largest absolute Gasteiger partial charge is 0.395 e. The minimum Gasteiger partial charge on any atom is -0.395 e. The normalized spacial score (nSPS) is 15.3. The third kappa shape index (κ3) is 4.21. The van der Waals surface area contributed by atoms with Crippen LogP contribution in [0.4, 0.5) is 0 Å². The molecule has 0 bridgehead atoms. The standard InChI is InChI=1S/C29H33N3O2/c1-19-17-20(2)31-28-26(19)24-9-5-6-10-25(24)32(28)18-21-11-13-23(14-12-21)27(22-7-3-4-8-22)29(34)30-15-16-33/h5-6,9-14,17,22,27,33H,3-4,7-8,15-16,18H2,1-2H3,(H,30,34)/t27-/m0/s1. The first kappa shape index (κ1) is 22.6. The van der Waals surface area contributed by atoms with Crippen LogP contribution in [0, 0.1) is 19.8 Å². The zero-order valence-corrected chi connectivity index (χ0v) is 20.1. The van der Waals surface area contributed by atoms with Gasteiger partial charge in [0, 0.05) is 29.6 Å². The van der Waals surface area contributed by atoms with Gasteiger partial charge in [0.1, 0.15) is 5.65 Å². The number of aliphatic hydroxyl groups is 1. The zero-order chi connectivity index (χ0) is 23.7. The molecule has 1 aliphatic carbocycles. The number of carbonyl (C=O) groups excluding carboxylic acids is 1. The lowest BCUT2D eigenvalue weighted by Crippen LogP contribution is -2.34. The third-order valence-electron chi connectivity index (χ3n) is 7.29. The summed E-state index contributed by atoms with van der Waals surface area (Å²) in [4.78, 5) is 17.9. The van der Waals surface area contributed by atoms with Crippen LogP contribution in [-0.2, 0) is 11.3 Å². The Hall–Kier alpha value is -3.18. The van der Waals surface area contributed by atoms with Gasteiger partial charge in [0.15, 0.2) is 0 Å².